The molecule has 1 saturated heterocycles. The van der Waals surface area contributed by atoms with Crippen molar-refractivity contribution in [1.29, 1.82) is 0 Å². The first-order chi connectivity index (χ1) is 14.7. The van der Waals surface area contributed by atoms with Gasteiger partial charge in [-0.1, -0.05) is 25.1 Å². The Morgan fingerprint density at radius 1 is 1.26 bits per heavy atom. The van der Waals surface area contributed by atoms with E-state index in [4.69, 9.17) is 4.98 Å². The van der Waals surface area contributed by atoms with Crippen molar-refractivity contribution < 1.29 is 13.2 Å². The average Bonchev–Trinajstić information content (AvgIpc) is 3.49. The van der Waals surface area contributed by atoms with Crippen LogP contribution in [0.5, 0.6) is 0 Å². The van der Waals surface area contributed by atoms with Crippen molar-refractivity contribution in [3.8, 4) is 0 Å². The summed E-state index contributed by atoms with van der Waals surface area (Å²) in [6.07, 6.45) is 6.87. The summed E-state index contributed by atoms with van der Waals surface area (Å²) in [6, 6.07) is 0.232. The smallest absolute Gasteiger partial charge is 0.233 e. The average molecular weight is 468 g/mol. The third kappa shape index (κ3) is 4.70. The van der Waals surface area contributed by atoms with E-state index in [1.165, 1.54) is 43.1 Å². The number of thioether (sulfide) groups is 1. The SMILES string of the molecule is CCCN(C(=O)CSc1nc(C)c(C)n1[C@H](C)[C@H]1C[C@H]2CC[C@H]1C2)[C@@H]1CCS(=O)(=O)C1. The summed E-state index contributed by atoms with van der Waals surface area (Å²) in [4.78, 5) is 19.7. The Labute approximate surface area is 191 Å². The Kier molecular flexibility index (Phi) is 6.78. The van der Waals surface area contributed by atoms with Gasteiger partial charge in [0.2, 0.25) is 5.91 Å². The third-order valence-corrected chi connectivity index (χ3v) is 10.6. The van der Waals surface area contributed by atoms with Crippen LogP contribution >= 0.6 is 11.8 Å². The summed E-state index contributed by atoms with van der Waals surface area (Å²) >= 11 is 1.52. The monoisotopic (exact) mass is 467 g/mol. The minimum absolute atomic E-state index is 0.0337. The normalized spacial score (nSPS) is 30.1. The van der Waals surface area contributed by atoms with Crippen LogP contribution in [0.4, 0.5) is 0 Å². The lowest BCUT2D eigenvalue weighted by Crippen LogP contribution is -2.42. The van der Waals surface area contributed by atoms with Gasteiger partial charge in [-0.15, -0.1) is 0 Å². The number of sulfone groups is 1. The lowest BCUT2D eigenvalue weighted by molar-refractivity contribution is -0.130. The molecule has 0 unspecified atom stereocenters. The van der Waals surface area contributed by atoms with E-state index < -0.39 is 9.84 Å². The van der Waals surface area contributed by atoms with Gasteiger partial charge in [0.25, 0.3) is 0 Å². The molecule has 5 atom stereocenters. The van der Waals surface area contributed by atoms with Gasteiger partial charge in [0, 0.05) is 24.3 Å². The Morgan fingerprint density at radius 3 is 2.61 bits per heavy atom. The van der Waals surface area contributed by atoms with Crippen molar-refractivity contribution in [2.24, 2.45) is 17.8 Å². The van der Waals surface area contributed by atoms with Crippen molar-refractivity contribution in [2.45, 2.75) is 83.5 Å². The minimum atomic E-state index is -3.01. The van der Waals surface area contributed by atoms with Crippen molar-refractivity contribution in [2.75, 3.05) is 23.8 Å². The molecular weight excluding hydrogens is 430 g/mol. The minimum Gasteiger partial charge on any atom is -0.338 e. The molecule has 1 aliphatic heterocycles. The molecule has 3 aliphatic rings. The van der Waals surface area contributed by atoms with E-state index in [0.717, 1.165) is 29.1 Å². The van der Waals surface area contributed by atoms with Crippen LogP contribution in [0.25, 0.3) is 0 Å². The lowest BCUT2D eigenvalue weighted by Gasteiger charge is -2.31. The fourth-order valence-electron chi connectivity index (χ4n) is 6.24. The highest BCUT2D eigenvalue weighted by Crippen LogP contribution is 2.52. The van der Waals surface area contributed by atoms with Gasteiger partial charge in [0.1, 0.15) is 0 Å². The highest BCUT2D eigenvalue weighted by molar-refractivity contribution is 7.99. The predicted molar refractivity (Wildman–Crippen MR) is 125 cm³/mol. The first-order valence-electron chi connectivity index (χ1n) is 11.9. The van der Waals surface area contributed by atoms with Crippen LogP contribution in [0, 0.1) is 31.6 Å². The molecule has 2 aliphatic carbocycles. The number of fused-ring (bicyclic) bond motifs is 2. The maximum absolute atomic E-state index is 13.1. The molecule has 8 heteroatoms. The number of hydrogen-bond acceptors (Lipinski definition) is 5. The molecule has 2 bridgehead atoms. The van der Waals surface area contributed by atoms with Crippen LogP contribution < -0.4 is 0 Å². The maximum Gasteiger partial charge on any atom is 0.233 e. The number of nitrogens with zero attached hydrogens (tertiary/aromatic N) is 3. The molecule has 0 aromatic carbocycles. The second kappa shape index (κ2) is 9.08. The molecule has 1 amide bonds. The van der Waals surface area contributed by atoms with Crippen LogP contribution in [0.2, 0.25) is 0 Å². The van der Waals surface area contributed by atoms with Crippen LogP contribution in [-0.2, 0) is 14.6 Å². The van der Waals surface area contributed by atoms with Gasteiger partial charge in [0.15, 0.2) is 15.0 Å². The van der Waals surface area contributed by atoms with Gasteiger partial charge in [-0.05, 0) is 70.6 Å². The molecule has 6 nitrogen and oxygen atoms in total. The van der Waals surface area contributed by atoms with Crippen molar-refractivity contribution in [1.82, 2.24) is 14.5 Å². The second-order valence-electron chi connectivity index (χ2n) is 9.95. The van der Waals surface area contributed by atoms with Gasteiger partial charge in [-0.3, -0.25) is 4.79 Å². The standard InChI is InChI=1S/C23H37N3O3S2/c1-5-9-25(20-8-10-31(28,29)14-20)22(27)13-30-23-24-15(2)16(3)26(23)17(4)21-12-18-6-7-19(21)11-18/h17-21H,5-14H2,1-4H3/t17-,18+,19+,20-,21-/m1/s1. The van der Waals surface area contributed by atoms with Crippen molar-refractivity contribution in [3.05, 3.63) is 11.4 Å². The van der Waals surface area contributed by atoms with E-state index in [1.54, 1.807) is 0 Å². The Morgan fingerprint density at radius 2 is 2.03 bits per heavy atom. The van der Waals surface area contributed by atoms with Crippen molar-refractivity contribution in [3.63, 3.8) is 0 Å². The summed E-state index contributed by atoms with van der Waals surface area (Å²) in [5.41, 5.74) is 2.25. The van der Waals surface area contributed by atoms with Gasteiger partial charge < -0.3 is 9.47 Å². The maximum atomic E-state index is 13.1. The molecule has 0 spiro atoms. The number of carbonyl (C=O) groups is 1. The van der Waals surface area contributed by atoms with E-state index >= 15 is 0 Å². The van der Waals surface area contributed by atoms with Gasteiger partial charge in [-0.25, -0.2) is 13.4 Å². The summed E-state index contributed by atoms with van der Waals surface area (Å²) < 4.78 is 26.2. The number of aromatic nitrogens is 2. The molecule has 3 fully saturated rings. The number of imidazole rings is 1. The summed E-state index contributed by atoms with van der Waals surface area (Å²) in [5, 5.41) is 0.939. The van der Waals surface area contributed by atoms with Crippen LogP contribution in [0.3, 0.4) is 0 Å². The predicted octanol–water partition coefficient (Wildman–Crippen LogP) is 4.01. The van der Waals surface area contributed by atoms with Crippen molar-refractivity contribution >= 4 is 27.5 Å². The topological polar surface area (TPSA) is 72.3 Å². The molecular formula is C23H37N3O3S2. The van der Waals surface area contributed by atoms with Crippen LogP contribution in [-0.4, -0.2) is 58.6 Å². The first kappa shape index (κ1) is 23.1. The Balaban J connectivity index is 1.46. The molecule has 2 heterocycles. The highest BCUT2D eigenvalue weighted by Gasteiger charge is 2.43. The summed E-state index contributed by atoms with van der Waals surface area (Å²) in [5.74, 6) is 3.11. The van der Waals surface area contributed by atoms with Gasteiger partial charge in [0.05, 0.1) is 23.0 Å². The van der Waals surface area contributed by atoms with Gasteiger partial charge in [-0.2, -0.15) is 0 Å². The molecule has 2 saturated carbocycles. The fraction of sp³-hybridized carbons (Fsp3) is 0.826. The van der Waals surface area contributed by atoms with E-state index in [1.807, 2.05) is 11.8 Å². The molecule has 0 N–H and O–H groups in total. The zero-order valence-corrected chi connectivity index (χ0v) is 21.0. The molecule has 4 rings (SSSR count). The molecule has 1 aromatic rings. The zero-order chi connectivity index (χ0) is 22.3. The number of aryl methyl sites for hydroxylation is 1. The molecule has 1 aromatic heterocycles. The number of amides is 1. The largest absolute Gasteiger partial charge is 0.338 e. The highest BCUT2D eigenvalue weighted by atomic mass is 32.2. The Bertz CT molecular complexity index is 927. The second-order valence-corrected chi connectivity index (χ2v) is 13.1. The number of rotatable bonds is 8. The van der Waals surface area contributed by atoms with Crippen LogP contribution in [0.15, 0.2) is 5.16 Å². The zero-order valence-electron chi connectivity index (χ0n) is 19.3. The molecule has 174 valence electrons. The quantitative estimate of drug-likeness (QED) is 0.540. The first-order valence-corrected chi connectivity index (χ1v) is 14.7. The van der Waals surface area contributed by atoms with Crippen LogP contribution in [0.1, 0.15) is 69.8 Å². The molecule has 0 radical (unpaired) electrons. The summed E-state index contributed by atoms with van der Waals surface area (Å²) in [7, 11) is -3.01. The molecule has 31 heavy (non-hydrogen) atoms. The number of carbonyl (C=O) groups excluding carboxylic acids is 1. The third-order valence-electron chi connectivity index (χ3n) is 7.93. The number of hydrogen-bond donors (Lipinski definition) is 0. The Hall–Kier alpha value is -1.02. The van der Waals surface area contributed by atoms with E-state index in [-0.39, 0.29) is 23.5 Å². The summed E-state index contributed by atoms with van der Waals surface area (Å²) in [6.45, 7) is 9.18. The van der Waals surface area contributed by atoms with E-state index in [9.17, 15) is 13.2 Å². The van der Waals surface area contributed by atoms with E-state index in [2.05, 4.69) is 25.3 Å². The lowest BCUT2D eigenvalue weighted by atomic mass is 9.84. The van der Waals surface area contributed by atoms with Gasteiger partial charge >= 0.3 is 0 Å². The fourth-order valence-corrected chi connectivity index (χ4v) is 9.03. The van der Waals surface area contributed by atoms with E-state index in [0.29, 0.717) is 30.7 Å².